The molecule has 6 heteroatoms. The number of rotatable bonds is 4. The lowest BCUT2D eigenvalue weighted by Gasteiger charge is -2.19. The van der Waals surface area contributed by atoms with E-state index in [1.165, 1.54) is 18.1 Å². The molecule has 0 amide bonds. The molecule has 124 valence electrons. The zero-order valence-electron chi connectivity index (χ0n) is 13.7. The van der Waals surface area contributed by atoms with Gasteiger partial charge < -0.3 is 5.11 Å². The largest absolute Gasteiger partial charge is 0.480 e. The van der Waals surface area contributed by atoms with E-state index in [2.05, 4.69) is 16.0 Å². The van der Waals surface area contributed by atoms with Crippen LogP contribution in [0.1, 0.15) is 19.4 Å². The van der Waals surface area contributed by atoms with Gasteiger partial charge >= 0.3 is 5.97 Å². The molecule has 0 aliphatic rings. The van der Waals surface area contributed by atoms with Crippen LogP contribution in [0.3, 0.4) is 0 Å². The highest BCUT2D eigenvalue weighted by Crippen LogP contribution is 2.39. The molecular weight excluding hydrogens is 334 g/mol. The number of aliphatic carboxylic acids is 1. The minimum absolute atomic E-state index is 0.594. The van der Waals surface area contributed by atoms with E-state index in [0.717, 1.165) is 21.9 Å². The first-order valence-electron chi connectivity index (χ1n) is 7.58. The van der Waals surface area contributed by atoms with Crippen molar-refractivity contribution in [3.63, 3.8) is 0 Å². The van der Waals surface area contributed by atoms with Gasteiger partial charge in [-0.3, -0.25) is 4.79 Å². The second kappa shape index (κ2) is 6.54. The second-order valence-electron chi connectivity index (χ2n) is 5.98. The molecule has 0 saturated heterocycles. The second-order valence-corrected chi connectivity index (χ2v) is 7.59. The van der Waals surface area contributed by atoms with Crippen molar-refractivity contribution in [1.29, 1.82) is 5.26 Å². The van der Waals surface area contributed by atoms with E-state index in [4.69, 9.17) is 0 Å². The number of nitrogens with zero attached hydrogens (tertiary/aromatic N) is 3. The van der Waals surface area contributed by atoms with Crippen molar-refractivity contribution >= 4 is 28.5 Å². The van der Waals surface area contributed by atoms with E-state index in [-0.39, 0.29) is 0 Å². The van der Waals surface area contributed by atoms with Crippen molar-refractivity contribution < 1.29 is 9.90 Å². The van der Waals surface area contributed by atoms with Crippen LogP contribution in [0.25, 0.3) is 21.9 Å². The van der Waals surface area contributed by atoms with Crippen molar-refractivity contribution in [3.8, 4) is 17.2 Å². The molecule has 0 saturated carbocycles. The molecule has 0 radical (unpaired) electrons. The number of carboxylic acids is 1. The number of hydrogen-bond acceptors (Lipinski definition) is 5. The van der Waals surface area contributed by atoms with E-state index >= 15 is 0 Å². The van der Waals surface area contributed by atoms with Crippen LogP contribution in [0.4, 0.5) is 0 Å². The van der Waals surface area contributed by atoms with Crippen LogP contribution in [0, 0.1) is 11.3 Å². The van der Waals surface area contributed by atoms with Gasteiger partial charge in [-0.25, -0.2) is 9.97 Å². The fourth-order valence-electron chi connectivity index (χ4n) is 2.50. The molecule has 5 nitrogen and oxygen atoms in total. The summed E-state index contributed by atoms with van der Waals surface area (Å²) in [4.78, 5) is 19.9. The summed E-state index contributed by atoms with van der Waals surface area (Å²) in [5, 5.41) is 21.1. The number of benzene rings is 2. The summed E-state index contributed by atoms with van der Waals surface area (Å²) in [5.41, 5.74) is 2.22. The molecule has 2 aromatic carbocycles. The summed E-state index contributed by atoms with van der Waals surface area (Å²) in [6, 6.07) is 13.5. The smallest absolute Gasteiger partial charge is 0.319 e. The van der Waals surface area contributed by atoms with Crippen LogP contribution >= 0.6 is 11.8 Å². The first-order valence-corrected chi connectivity index (χ1v) is 8.40. The number of carboxylic acid groups (broad SMARTS) is 1. The molecule has 0 fully saturated rings. The summed E-state index contributed by atoms with van der Waals surface area (Å²) in [5.74, 6) is -0.910. The van der Waals surface area contributed by atoms with Crippen LogP contribution in [0.5, 0.6) is 0 Å². The highest BCUT2D eigenvalue weighted by atomic mass is 32.2. The number of fused-ring (bicyclic) bond motifs is 1. The molecule has 0 bridgehead atoms. The van der Waals surface area contributed by atoms with Crippen LogP contribution in [-0.4, -0.2) is 25.8 Å². The Bertz CT molecular complexity index is 1010. The zero-order valence-corrected chi connectivity index (χ0v) is 14.5. The average molecular weight is 349 g/mol. The first-order chi connectivity index (χ1) is 11.9. The number of nitriles is 1. The SMILES string of the molecule is CC(C)(Sc1ncncc1-c1ccc(C#N)c2ccccc12)C(=O)O. The minimum Gasteiger partial charge on any atom is -0.480 e. The van der Waals surface area contributed by atoms with Gasteiger partial charge in [0.25, 0.3) is 0 Å². The van der Waals surface area contributed by atoms with Gasteiger partial charge in [0.1, 0.15) is 16.1 Å². The maximum Gasteiger partial charge on any atom is 0.319 e. The Morgan fingerprint density at radius 3 is 2.56 bits per heavy atom. The molecule has 3 aromatic rings. The Labute approximate surface area is 149 Å². The molecule has 0 aliphatic carbocycles. The van der Waals surface area contributed by atoms with Crippen molar-refractivity contribution in [1.82, 2.24) is 9.97 Å². The predicted octanol–water partition coefficient (Wildman–Crippen LogP) is 4.12. The maximum atomic E-state index is 11.5. The molecule has 1 aromatic heterocycles. The monoisotopic (exact) mass is 349 g/mol. The quantitative estimate of drug-likeness (QED) is 0.563. The summed E-state index contributed by atoms with van der Waals surface area (Å²) in [7, 11) is 0. The van der Waals surface area contributed by atoms with Gasteiger partial charge in [-0.05, 0) is 30.9 Å². The fraction of sp³-hybridized carbons (Fsp3) is 0.158. The van der Waals surface area contributed by atoms with Gasteiger partial charge in [0, 0.05) is 17.1 Å². The van der Waals surface area contributed by atoms with Gasteiger partial charge in [-0.2, -0.15) is 5.26 Å². The number of thioether (sulfide) groups is 1. The maximum absolute atomic E-state index is 11.5. The van der Waals surface area contributed by atoms with Gasteiger partial charge in [-0.1, -0.05) is 42.1 Å². The Morgan fingerprint density at radius 2 is 1.88 bits per heavy atom. The molecule has 0 atom stereocenters. The van der Waals surface area contributed by atoms with Crippen LogP contribution in [0.15, 0.2) is 53.9 Å². The highest BCUT2D eigenvalue weighted by Gasteiger charge is 2.30. The molecule has 0 aliphatic heterocycles. The predicted molar refractivity (Wildman–Crippen MR) is 97.3 cm³/mol. The van der Waals surface area contributed by atoms with E-state index in [0.29, 0.717) is 10.6 Å². The van der Waals surface area contributed by atoms with Crippen molar-refractivity contribution in [2.45, 2.75) is 23.6 Å². The fourth-order valence-corrected chi connectivity index (χ4v) is 3.44. The van der Waals surface area contributed by atoms with E-state index in [1.54, 1.807) is 26.1 Å². The number of carbonyl (C=O) groups is 1. The van der Waals surface area contributed by atoms with Crippen LogP contribution in [0.2, 0.25) is 0 Å². The summed E-state index contributed by atoms with van der Waals surface area (Å²) in [6.45, 7) is 3.28. The topological polar surface area (TPSA) is 86.9 Å². The van der Waals surface area contributed by atoms with Gasteiger partial charge in [-0.15, -0.1) is 0 Å². The molecular formula is C19H15N3O2S. The minimum atomic E-state index is -1.02. The lowest BCUT2D eigenvalue weighted by atomic mass is 9.97. The highest BCUT2D eigenvalue weighted by molar-refractivity contribution is 8.01. The van der Waals surface area contributed by atoms with Crippen molar-refractivity contribution in [2.75, 3.05) is 0 Å². The standard InChI is InChI=1S/C19H15N3O2S/c1-19(2,18(23)24)25-17-16(10-21-11-22-17)15-8-7-12(9-20)13-5-3-4-6-14(13)15/h3-8,10-11H,1-2H3,(H,23,24). The van der Waals surface area contributed by atoms with Crippen LogP contribution in [-0.2, 0) is 4.79 Å². The number of aromatic nitrogens is 2. The van der Waals surface area contributed by atoms with Gasteiger partial charge in [0.2, 0.25) is 0 Å². The Morgan fingerprint density at radius 1 is 1.16 bits per heavy atom. The van der Waals surface area contributed by atoms with E-state index < -0.39 is 10.7 Å². The van der Waals surface area contributed by atoms with E-state index in [1.807, 2.05) is 30.3 Å². The summed E-state index contributed by atoms with van der Waals surface area (Å²) < 4.78 is -1.02. The lowest BCUT2D eigenvalue weighted by Crippen LogP contribution is -2.27. The van der Waals surface area contributed by atoms with Gasteiger partial charge in [0.05, 0.1) is 11.6 Å². The lowest BCUT2D eigenvalue weighted by molar-refractivity contribution is -0.138. The molecule has 0 spiro atoms. The summed E-state index contributed by atoms with van der Waals surface area (Å²) >= 11 is 1.18. The molecule has 25 heavy (non-hydrogen) atoms. The Kier molecular flexibility index (Phi) is 4.43. The van der Waals surface area contributed by atoms with Crippen molar-refractivity contribution in [2.24, 2.45) is 0 Å². The number of hydrogen-bond donors (Lipinski definition) is 1. The molecule has 1 N–H and O–H groups in total. The third-order valence-corrected chi connectivity index (χ3v) is 5.08. The normalized spacial score (nSPS) is 11.2. The summed E-state index contributed by atoms with van der Waals surface area (Å²) in [6.07, 6.45) is 3.09. The first kappa shape index (κ1) is 16.9. The Balaban J connectivity index is 2.21. The van der Waals surface area contributed by atoms with E-state index in [9.17, 15) is 15.2 Å². The zero-order chi connectivity index (χ0) is 18.0. The average Bonchev–Trinajstić information content (AvgIpc) is 2.61. The van der Waals surface area contributed by atoms with Crippen molar-refractivity contribution in [3.05, 3.63) is 54.5 Å². The third kappa shape index (κ3) is 3.19. The molecule has 1 heterocycles. The molecule has 3 rings (SSSR count). The third-order valence-electron chi connectivity index (χ3n) is 3.88. The van der Waals surface area contributed by atoms with Gasteiger partial charge in [0.15, 0.2) is 0 Å². The molecule has 0 unspecified atom stereocenters. The Hall–Kier alpha value is -2.91. The van der Waals surface area contributed by atoms with Crippen LogP contribution < -0.4 is 0 Å².